The van der Waals surface area contributed by atoms with Gasteiger partial charge in [-0.25, -0.2) is 0 Å². The van der Waals surface area contributed by atoms with Crippen LogP contribution in [0.25, 0.3) is 0 Å². The Kier molecular flexibility index (Phi) is 4.38. The molecule has 3 rings (SSSR count). The molecule has 0 aromatic carbocycles. The van der Waals surface area contributed by atoms with Crippen LogP contribution in [0, 0.1) is 5.92 Å². The average molecular weight is 265 g/mol. The van der Waals surface area contributed by atoms with Crippen LogP contribution in [0.2, 0.25) is 0 Å². The number of hydrogen-bond acceptors (Lipinski definition) is 3. The molecule has 0 aromatic rings. The highest BCUT2D eigenvalue weighted by Gasteiger charge is 2.31. The third kappa shape index (κ3) is 3.11. The molecule has 1 saturated carbocycles. The number of carbonyl (C=O) groups excluding carboxylic acids is 1. The van der Waals surface area contributed by atoms with Gasteiger partial charge in [0.05, 0.1) is 5.92 Å². The number of nitrogens with zero attached hydrogens (tertiary/aromatic N) is 2. The molecule has 1 atom stereocenters. The van der Waals surface area contributed by atoms with Crippen molar-refractivity contribution in [3.8, 4) is 0 Å². The van der Waals surface area contributed by atoms with E-state index in [0.717, 1.165) is 58.2 Å². The maximum atomic E-state index is 12.4. The fourth-order valence-corrected chi connectivity index (χ4v) is 3.90. The number of piperidine rings is 1. The molecule has 3 aliphatic rings. The number of piperazine rings is 1. The second kappa shape index (κ2) is 6.23. The highest BCUT2D eigenvalue weighted by Crippen LogP contribution is 2.24. The number of nitrogens with one attached hydrogen (secondary N) is 1. The SMILES string of the molecule is O=C(C1CCCNC1)N1CCN(C2CCCC2)CC1. The van der Waals surface area contributed by atoms with Gasteiger partial charge in [0.2, 0.25) is 5.91 Å². The summed E-state index contributed by atoms with van der Waals surface area (Å²) < 4.78 is 0. The monoisotopic (exact) mass is 265 g/mol. The van der Waals surface area contributed by atoms with E-state index in [1.165, 1.54) is 25.7 Å². The molecule has 0 bridgehead atoms. The lowest BCUT2D eigenvalue weighted by Crippen LogP contribution is -2.53. The van der Waals surface area contributed by atoms with Gasteiger partial charge in [0, 0.05) is 38.8 Å². The highest BCUT2D eigenvalue weighted by atomic mass is 16.2. The van der Waals surface area contributed by atoms with Gasteiger partial charge >= 0.3 is 0 Å². The van der Waals surface area contributed by atoms with E-state index in [1.807, 2.05) is 0 Å². The summed E-state index contributed by atoms with van der Waals surface area (Å²) in [5.41, 5.74) is 0. The van der Waals surface area contributed by atoms with Gasteiger partial charge in [0.25, 0.3) is 0 Å². The van der Waals surface area contributed by atoms with Gasteiger partial charge in [0.1, 0.15) is 0 Å². The van der Waals surface area contributed by atoms with Crippen molar-refractivity contribution in [2.75, 3.05) is 39.3 Å². The van der Waals surface area contributed by atoms with Gasteiger partial charge in [-0.15, -0.1) is 0 Å². The number of amides is 1. The maximum absolute atomic E-state index is 12.4. The summed E-state index contributed by atoms with van der Waals surface area (Å²) >= 11 is 0. The summed E-state index contributed by atoms with van der Waals surface area (Å²) in [6, 6.07) is 0.814. The van der Waals surface area contributed by atoms with Crippen LogP contribution in [-0.4, -0.2) is 61.0 Å². The molecule has 4 heteroatoms. The minimum Gasteiger partial charge on any atom is -0.340 e. The molecule has 2 heterocycles. The summed E-state index contributed by atoms with van der Waals surface area (Å²) in [6.45, 7) is 6.06. The fraction of sp³-hybridized carbons (Fsp3) is 0.933. The zero-order chi connectivity index (χ0) is 13.1. The number of hydrogen-bond donors (Lipinski definition) is 1. The molecule has 1 N–H and O–H groups in total. The van der Waals surface area contributed by atoms with Gasteiger partial charge in [-0.2, -0.15) is 0 Å². The second-order valence-corrected chi connectivity index (χ2v) is 6.34. The Labute approximate surface area is 116 Å². The first-order chi connectivity index (χ1) is 9.34. The highest BCUT2D eigenvalue weighted by molar-refractivity contribution is 5.79. The molecule has 2 saturated heterocycles. The Morgan fingerprint density at radius 2 is 1.68 bits per heavy atom. The summed E-state index contributed by atoms with van der Waals surface area (Å²) in [5, 5.41) is 3.35. The van der Waals surface area contributed by atoms with E-state index in [4.69, 9.17) is 0 Å². The summed E-state index contributed by atoms with van der Waals surface area (Å²) in [6.07, 6.45) is 7.78. The van der Waals surface area contributed by atoms with Crippen molar-refractivity contribution < 1.29 is 4.79 Å². The minimum absolute atomic E-state index is 0.242. The van der Waals surface area contributed by atoms with E-state index < -0.39 is 0 Å². The van der Waals surface area contributed by atoms with Crippen LogP contribution in [0.5, 0.6) is 0 Å². The van der Waals surface area contributed by atoms with Gasteiger partial charge in [-0.3, -0.25) is 9.69 Å². The molecular weight excluding hydrogens is 238 g/mol. The van der Waals surface area contributed by atoms with Crippen LogP contribution in [0.1, 0.15) is 38.5 Å². The van der Waals surface area contributed by atoms with E-state index in [1.54, 1.807) is 0 Å². The lowest BCUT2D eigenvalue weighted by atomic mass is 9.97. The zero-order valence-electron chi connectivity index (χ0n) is 11.9. The number of rotatable bonds is 2. The predicted molar refractivity (Wildman–Crippen MR) is 76.0 cm³/mol. The first-order valence-corrected chi connectivity index (χ1v) is 8.08. The molecule has 1 unspecified atom stereocenters. The van der Waals surface area contributed by atoms with Crippen molar-refractivity contribution in [3.05, 3.63) is 0 Å². The first-order valence-electron chi connectivity index (χ1n) is 8.08. The Balaban J connectivity index is 1.47. The van der Waals surface area contributed by atoms with E-state index in [0.29, 0.717) is 5.91 Å². The summed E-state index contributed by atoms with van der Waals surface area (Å²) in [7, 11) is 0. The fourth-order valence-electron chi connectivity index (χ4n) is 3.90. The third-order valence-electron chi connectivity index (χ3n) is 5.11. The lowest BCUT2D eigenvalue weighted by Gasteiger charge is -2.39. The average Bonchev–Trinajstić information content (AvgIpc) is 3.02. The normalized spacial score (nSPS) is 30.7. The molecule has 3 fully saturated rings. The molecule has 19 heavy (non-hydrogen) atoms. The van der Waals surface area contributed by atoms with E-state index in [-0.39, 0.29) is 5.92 Å². The molecular formula is C15H27N3O. The first kappa shape index (κ1) is 13.4. The van der Waals surface area contributed by atoms with Crippen LogP contribution in [-0.2, 0) is 4.79 Å². The standard InChI is InChI=1S/C15H27N3O/c19-15(13-4-3-7-16-12-13)18-10-8-17(9-11-18)14-5-1-2-6-14/h13-14,16H,1-12H2. The second-order valence-electron chi connectivity index (χ2n) is 6.34. The van der Waals surface area contributed by atoms with E-state index in [9.17, 15) is 4.79 Å². The Bertz CT molecular complexity index is 301. The van der Waals surface area contributed by atoms with Crippen molar-refractivity contribution in [2.45, 2.75) is 44.6 Å². The van der Waals surface area contributed by atoms with Crippen molar-refractivity contribution in [3.63, 3.8) is 0 Å². The smallest absolute Gasteiger partial charge is 0.227 e. The molecule has 0 aromatic heterocycles. The predicted octanol–water partition coefficient (Wildman–Crippen LogP) is 1.07. The molecule has 108 valence electrons. The third-order valence-corrected chi connectivity index (χ3v) is 5.11. The molecule has 1 aliphatic carbocycles. The van der Waals surface area contributed by atoms with Crippen molar-refractivity contribution >= 4 is 5.91 Å². The van der Waals surface area contributed by atoms with Gasteiger partial charge < -0.3 is 10.2 Å². The molecule has 4 nitrogen and oxygen atoms in total. The van der Waals surface area contributed by atoms with Crippen molar-refractivity contribution in [2.24, 2.45) is 5.92 Å². The van der Waals surface area contributed by atoms with Crippen LogP contribution in [0.4, 0.5) is 0 Å². The Hall–Kier alpha value is -0.610. The van der Waals surface area contributed by atoms with Crippen LogP contribution < -0.4 is 5.32 Å². The number of carbonyl (C=O) groups is 1. The molecule has 1 amide bonds. The maximum Gasteiger partial charge on any atom is 0.227 e. The molecule has 0 spiro atoms. The zero-order valence-corrected chi connectivity index (χ0v) is 11.9. The van der Waals surface area contributed by atoms with Gasteiger partial charge in [0.15, 0.2) is 0 Å². The van der Waals surface area contributed by atoms with Crippen molar-refractivity contribution in [1.82, 2.24) is 15.1 Å². The molecule has 0 radical (unpaired) electrons. The minimum atomic E-state index is 0.242. The Morgan fingerprint density at radius 1 is 0.947 bits per heavy atom. The van der Waals surface area contributed by atoms with E-state index in [2.05, 4.69) is 15.1 Å². The van der Waals surface area contributed by atoms with Crippen LogP contribution >= 0.6 is 0 Å². The van der Waals surface area contributed by atoms with Crippen LogP contribution in [0.3, 0.4) is 0 Å². The van der Waals surface area contributed by atoms with Crippen LogP contribution in [0.15, 0.2) is 0 Å². The Morgan fingerprint density at radius 3 is 2.32 bits per heavy atom. The topological polar surface area (TPSA) is 35.6 Å². The van der Waals surface area contributed by atoms with E-state index >= 15 is 0 Å². The van der Waals surface area contributed by atoms with Gasteiger partial charge in [-0.1, -0.05) is 12.8 Å². The summed E-state index contributed by atoms with van der Waals surface area (Å²) in [4.78, 5) is 17.2. The summed E-state index contributed by atoms with van der Waals surface area (Å²) in [5.74, 6) is 0.644. The van der Waals surface area contributed by atoms with Gasteiger partial charge in [-0.05, 0) is 32.2 Å². The quantitative estimate of drug-likeness (QED) is 0.811. The molecule has 2 aliphatic heterocycles. The lowest BCUT2D eigenvalue weighted by molar-refractivity contribution is -0.138. The van der Waals surface area contributed by atoms with Crippen molar-refractivity contribution in [1.29, 1.82) is 0 Å². The largest absolute Gasteiger partial charge is 0.340 e.